The second-order valence-electron chi connectivity index (χ2n) is 6.89. The highest BCUT2D eigenvalue weighted by Gasteiger charge is 2.17. The van der Waals surface area contributed by atoms with E-state index in [9.17, 15) is 9.59 Å². The zero-order valence-electron chi connectivity index (χ0n) is 15.7. The normalized spacial score (nSPS) is 12.0. The van der Waals surface area contributed by atoms with Crippen LogP contribution < -0.4 is 10.6 Å². The number of hydrogen-bond donors (Lipinski definition) is 2. The van der Waals surface area contributed by atoms with E-state index >= 15 is 0 Å². The molecule has 1 aromatic heterocycles. The lowest BCUT2D eigenvalue weighted by Crippen LogP contribution is -2.36. The molecule has 138 valence electrons. The summed E-state index contributed by atoms with van der Waals surface area (Å²) in [4.78, 5) is 28.7. The van der Waals surface area contributed by atoms with Crippen LogP contribution in [0.25, 0.3) is 10.9 Å². The van der Waals surface area contributed by atoms with Crippen LogP contribution in [0.2, 0.25) is 0 Å². The van der Waals surface area contributed by atoms with Crippen molar-refractivity contribution in [3.8, 4) is 0 Å². The zero-order valence-corrected chi connectivity index (χ0v) is 15.7. The molecule has 27 heavy (non-hydrogen) atoms. The molecule has 5 nitrogen and oxygen atoms in total. The Kier molecular flexibility index (Phi) is 5.50. The molecule has 2 aromatic carbocycles. The summed E-state index contributed by atoms with van der Waals surface area (Å²) in [6, 6.07) is 17.2. The highest BCUT2D eigenvalue weighted by atomic mass is 16.2. The van der Waals surface area contributed by atoms with Crippen LogP contribution in [0.4, 0.5) is 5.69 Å². The minimum atomic E-state index is -0.710. The number of para-hydroxylation sites is 1. The molecule has 2 N–H and O–H groups in total. The van der Waals surface area contributed by atoms with Gasteiger partial charge in [-0.15, -0.1) is 0 Å². The van der Waals surface area contributed by atoms with Crippen molar-refractivity contribution >= 4 is 28.4 Å². The average Bonchev–Trinajstić information content (AvgIpc) is 2.67. The van der Waals surface area contributed by atoms with Gasteiger partial charge in [0.05, 0.1) is 23.4 Å². The molecule has 2 amide bonds. The maximum atomic E-state index is 12.2. The fraction of sp³-hybridized carbons (Fsp3) is 0.227. The number of hydrogen-bond acceptors (Lipinski definition) is 3. The molecule has 0 aliphatic carbocycles. The molecule has 0 aliphatic heterocycles. The van der Waals surface area contributed by atoms with Crippen molar-refractivity contribution < 1.29 is 9.59 Å². The number of carbonyl (C=O) groups is 2. The number of nitrogens with zero attached hydrogens (tertiary/aromatic N) is 1. The summed E-state index contributed by atoms with van der Waals surface area (Å²) >= 11 is 0. The monoisotopic (exact) mass is 361 g/mol. The summed E-state index contributed by atoms with van der Waals surface area (Å²) < 4.78 is 0. The van der Waals surface area contributed by atoms with E-state index in [4.69, 9.17) is 0 Å². The molecular formula is C22H23N3O2. The number of amides is 2. The van der Waals surface area contributed by atoms with E-state index in [-0.39, 0.29) is 6.04 Å². The van der Waals surface area contributed by atoms with Crippen LogP contribution >= 0.6 is 0 Å². The van der Waals surface area contributed by atoms with E-state index in [0.29, 0.717) is 11.6 Å². The van der Waals surface area contributed by atoms with Gasteiger partial charge in [-0.25, -0.2) is 0 Å². The molecule has 0 bridgehead atoms. The number of rotatable bonds is 4. The number of anilines is 1. The third-order valence-corrected chi connectivity index (χ3v) is 4.51. The number of aromatic nitrogens is 1. The number of nitrogens with one attached hydrogen (secondary N) is 2. The van der Waals surface area contributed by atoms with Gasteiger partial charge in [0, 0.05) is 5.39 Å². The molecule has 5 heteroatoms. The van der Waals surface area contributed by atoms with Gasteiger partial charge in [0.1, 0.15) is 0 Å². The first-order valence-electron chi connectivity index (χ1n) is 9.00. The molecule has 3 aromatic rings. The van der Waals surface area contributed by atoms with E-state index in [1.54, 1.807) is 12.3 Å². The average molecular weight is 361 g/mol. The summed E-state index contributed by atoms with van der Waals surface area (Å²) in [7, 11) is 0. The minimum Gasteiger partial charge on any atom is -0.341 e. The van der Waals surface area contributed by atoms with Crippen molar-refractivity contribution in [3.63, 3.8) is 0 Å². The van der Waals surface area contributed by atoms with Crippen molar-refractivity contribution in [2.45, 2.75) is 32.7 Å². The van der Waals surface area contributed by atoms with Crippen molar-refractivity contribution in [1.29, 1.82) is 0 Å². The van der Waals surface area contributed by atoms with E-state index in [1.165, 1.54) is 5.56 Å². The summed E-state index contributed by atoms with van der Waals surface area (Å²) in [5.74, 6) is -0.938. The highest BCUT2D eigenvalue weighted by Crippen LogP contribution is 2.19. The quantitative estimate of drug-likeness (QED) is 0.685. The van der Waals surface area contributed by atoms with Crippen LogP contribution in [0, 0.1) is 0 Å². The Morgan fingerprint density at radius 3 is 2.26 bits per heavy atom. The second-order valence-corrected chi connectivity index (χ2v) is 6.89. The lowest BCUT2D eigenvalue weighted by molar-refractivity contribution is -0.136. The first-order chi connectivity index (χ1) is 12.9. The second kappa shape index (κ2) is 7.99. The fourth-order valence-electron chi connectivity index (χ4n) is 2.84. The summed E-state index contributed by atoms with van der Waals surface area (Å²) in [6.45, 7) is 6.12. The Bertz CT molecular complexity index is 965. The van der Waals surface area contributed by atoms with Crippen LogP contribution in [0.15, 0.2) is 60.8 Å². The summed E-state index contributed by atoms with van der Waals surface area (Å²) in [6.07, 6.45) is 1.54. The Balaban J connectivity index is 1.63. The predicted octanol–water partition coefficient (Wildman–Crippen LogP) is 4.17. The van der Waals surface area contributed by atoms with Crippen molar-refractivity contribution in [3.05, 3.63) is 71.9 Å². The van der Waals surface area contributed by atoms with Gasteiger partial charge in [-0.05, 0) is 36.1 Å². The van der Waals surface area contributed by atoms with Gasteiger partial charge in [0.15, 0.2) is 0 Å². The van der Waals surface area contributed by atoms with Crippen molar-refractivity contribution in [1.82, 2.24) is 10.3 Å². The maximum Gasteiger partial charge on any atom is 0.313 e. The van der Waals surface area contributed by atoms with Crippen LogP contribution in [0.5, 0.6) is 0 Å². The van der Waals surface area contributed by atoms with Gasteiger partial charge in [0.25, 0.3) is 0 Å². The Morgan fingerprint density at radius 2 is 1.56 bits per heavy atom. The molecule has 0 radical (unpaired) electrons. The Hall–Kier alpha value is -3.21. The standard InChI is InChI=1S/C22H23N3O2/c1-14(2)16-8-10-17(11-9-16)15(3)24-21(26)22(27)25-19-12-18-6-4-5-7-20(18)23-13-19/h4-15H,1-3H3,(H,24,26)(H,25,27)/t15-/m1/s1. The molecule has 1 heterocycles. The number of pyridine rings is 1. The third kappa shape index (κ3) is 4.50. The largest absolute Gasteiger partial charge is 0.341 e. The van der Waals surface area contributed by atoms with Gasteiger partial charge < -0.3 is 10.6 Å². The lowest BCUT2D eigenvalue weighted by Gasteiger charge is -2.15. The fourth-order valence-corrected chi connectivity index (χ4v) is 2.84. The first kappa shape index (κ1) is 18.6. The van der Waals surface area contributed by atoms with Crippen molar-refractivity contribution in [2.75, 3.05) is 5.32 Å². The van der Waals surface area contributed by atoms with E-state index in [1.807, 2.05) is 55.5 Å². The molecule has 1 atom stereocenters. The molecule has 0 saturated heterocycles. The molecule has 0 unspecified atom stereocenters. The highest BCUT2D eigenvalue weighted by molar-refractivity contribution is 6.39. The van der Waals surface area contributed by atoms with Crippen LogP contribution in [0.3, 0.4) is 0 Å². The lowest BCUT2D eigenvalue weighted by atomic mass is 9.99. The Labute approximate surface area is 158 Å². The van der Waals surface area contributed by atoms with E-state index in [2.05, 4.69) is 29.5 Å². The molecule has 3 rings (SSSR count). The van der Waals surface area contributed by atoms with Crippen molar-refractivity contribution in [2.24, 2.45) is 0 Å². The number of fused-ring (bicyclic) bond motifs is 1. The minimum absolute atomic E-state index is 0.265. The van der Waals surface area contributed by atoms with Crippen LogP contribution in [-0.4, -0.2) is 16.8 Å². The van der Waals surface area contributed by atoms with Gasteiger partial charge in [0.2, 0.25) is 0 Å². The molecule has 0 aliphatic rings. The Morgan fingerprint density at radius 1 is 0.889 bits per heavy atom. The number of benzene rings is 2. The van der Waals surface area contributed by atoms with Gasteiger partial charge >= 0.3 is 11.8 Å². The summed E-state index contributed by atoms with van der Waals surface area (Å²) in [5.41, 5.74) is 3.51. The van der Waals surface area contributed by atoms with Gasteiger partial charge in [-0.1, -0.05) is 56.3 Å². The molecule has 0 fully saturated rings. The maximum absolute atomic E-state index is 12.2. The third-order valence-electron chi connectivity index (χ3n) is 4.51. The van der Waals surface area contributed by atoms with E-state index < -0.39 is 11.8 Å². The predicted molar refractivity (Wildman–Crippen MR) is 107 cm³/mol. The topological polar surface area (TPSA) is 71.1 Å². The van der Waals surface area contributed by atoms with Gasteiger partial charge in [-0.2, -0.15) is 0 Å². The zero-order chi connectivity index (χ0) is 19.4. The van der Waals surface area contributed by atoms with E-state index in [0.717, 1.165) is 16.5 Å². The summed E-state index contributed by atoms with van der Waals surface area (Å²) in [5, 5.41) is 6.23. The van der Waals surface area contributed by atoms with Gasteiger partial charge in [-0.3, -0.25) is 14.6 Å². The molecule has 0 saturated carbocycles. The van der Waals surface area contributed by atoms with Crippen LogP contribution in [0.1, 0.15) is 43.9 Å². The molecule has 0 spiro atoms. The van der Waals surface area contributed by atoms with Crippen LogP contribution in [-0.2, 0) is 9.59 Å². The smallest absolute Gasteiger partial charge is 0.313 e. The molecular weight excluding hydrogens is 338 g/mol. The first-order valence-corrected chi connectivity index (χ1v) is 9.00. The SMILES string of the molecule is CC(C)c1ccc([C@@H](C)NC(=O)C(=O)Nc2cnc3ccccc3c2)cc1. The number of carbonyl (C=O) groups excluding carboxylic acids is 2.